The largest absolute Gasteiger partial charge is 0.387 e. The molecule has 27 heavy (non-hydrogen) atoms. The normalized spacial score (nSPS) is 21.5. The molecule has 0 bridgehead atoms. The van der Waals surface area contributed by atoms with Crippen LogP contribution in [0.5, 0.6) is 0 Å². The molecule has 0 aliphatic carbocycles. The van der Waals surface area contributed by atoms with Gasteiger partial charge in [-0.15, -0.1) is 0 Å². The lowest BCUT2D eigenvalue weighted by atomic mass is 9.95. The summed E-state index contributed by atoms with van der Waals surface area (Å²) in [6.45, 7) is 0.213. The molecule has 2 atom stereocenters. The summed E-state index contributed by atoms with van der Waals surface area (Å²) in [5.74, 6) is 0. The van der Waals surface area contributed by atoms with Crippen LogP contribution in [0.2, 0.25) is 0 Å². The molecule has 6 heteroatoms. The van der Waals surface area contributed by atoms with E-state index < -0.39 is 22.2 Å². The Bertz CT molecular complexity index is 1020. The second-order valence-corrected chi connectivity index (χ2v) is 8.50. The number of aliphatic hydroxyl groups is 1. The van der Waals surface area contributed by atoms with Gasteiger partial charge in [-0.3, -0.25) is 4.98 Å². The first-order chi connectivity index (χ1) is 13.1. The van der Waals surface area contributed by atoms with Crippen molar-refractivity contribution in [3.05, 3.63) is 95.8 Å². The van der Waals surface area contributed by atoms with Crippen LogP contribution in [0.3, 0.4) is 0 Å². The maximum Gasteiger partial charge on any atom is 0.244 e. The lowest BCUT2D eigenvalue weighted by Crippen LogP contribution is -2.48. The van der Waals surface area contributed by atoms with Gasteiger partial charge in [0.25, 0.3) is 0 Å². The SMILES string of the molecule is O=S1(=O)c2ccccc2C(O)C(Cc2ccncc2)N1Cc1ccccc1. The molecule has 1 aliphatic rings. The first kappa shape index (κ1) is 17.9. The third-order valence-electron chi connectivity index (χ3n) is 4.93. The Balaban J connectivity index is 1.80. The minimum absolute atomic E-state index is 0.180. The maximum absolute atomic E-state index is 13.4. The molecule has 0 amide bonds. The average Bonchev–Trinajstić information content (AvgIpc) is 2.71. The molecule has 5 nitrogen and oxygen atoms in total. The molecule has 4 rings (SSSR count). The van der Waals surface area contributed by atoms with Crippen LogP contribution in [0.1, 0.15) is 22.8 Å². The molecule has 138 valence electrons. The predicted octanol–water partition coefficient (Wildman–Crippen LogP) is 2.93. The van der Waals surface area contributed by atoms with Crippen LogP contribution < -0.4 is 0 Å². The van der Waals surface area contributed by atoms with Gasteiger partial charge < -0.3 is 5.11 Å². The van der Waals surface area contributed by atoms with Gasteiger partial charge in [-0.1, -0.05) is 48.5 Å². The molecule has 2 unspecified atom stereocenters. The van der Waals surface area contributed by atoms with E-state index in [1.54, 1.807) is 36.7 Å². The zero-order valence-electron chi connectivity index (χ0n) is 14.6. The molecule has 3 aromatic rings. The number of aromatic nitrogens is 1. The van der Waals surface area contributed by atoms with Crippen molar-refractivity contribution in [3.63, 3.8) is 0 Å². The molecule has 1 N–H and O–H groups in total. The highest BCUT2D eigenvalue weighted by molar-refractivity contribution is 7.89. The first-order valence-corrected chi connectivity index (χ1v) is 10.2. The number of hydrogen-bond acceptors (Lipinski definition) is 4. The number of benzene rings is 2. The maximum atomic E-state index is 13.4. The Morgan fingerprint density at radius 3 is 2.30 bits per heavy atom. The van der Waals surface area contributed by atoms with E-state index >= 15 is 0 Å². The minimum atomic E-state index is -3.73. The second-order valence-electron chi connectivity index (χ2n) is 6.65. The van der Waals surface area contributed by atoms with Gasteiger partial charge in [-0.2, -0.15) is 4.31 Å². The highest BCUT2D eigenvalue weighted by Crippen LogP contribution is 2.38. The van der Waals surface area contributed by atoms with Crippen LogP contribution in [-0.2, 0) is 23.0 Å². The number of nitrogens with zero attached hydrogens (tertiary/aromatic N) is 2. The van der Waals surface area contributed by atoms with Crippen molar-refractivity contribution in [2.45, 2.75) is 30.0 Å². The monoisotopic (exact) mass is 380 g/mol. The third-order valence-corrected chi connectivity index (χ3v) is 6.88. The van der Waals surface area contributed by atoms with Crippen LogP contribution in [-0.4, -0.2) is 28.9 Å². The lowest BCUT2D eigenvalue weighted by molar-refractivity contribution is 0.0769. The van der Waals surface area contributed by atoms with E-state index in [2.05, 4.69) is 4.98 Å². The molecule has 2 aromatic carbocycles. The van der Waals surface area contributed by atoms with Gasteiger partial charge in [0, 0.05) is 24.5 Å². The van der Waals surface area contributed by atoms with Crippen LogP contribution in [0.4, 0.5) is 0 Å². The molecule has 1 aromatic heterocycles. The van der Waals surface area contributed by atoms with E-state index in [1.165, 1.54) is 4.31 Å². The van der Waals surface area contributed by atoms with Gasteiger partial charge in [-0.05, 0) is 35.7 Å². The third kappa shape index (κ3) is 3.39. The standard InChI is InChI=1S/C21H20N2O3S/c24-21-18-8-4-5-9-20(18)27(25,26)23(15-17-6-2-1-3-7-17)19(21)14-16-10-12-22-13-11-16/h1-13,19,21,24H,14-15H2. The fraction of sp³-hybridized carbons (Fsp3) is 0.190. The highest BCUT2D eigenvalue weighted by atomic mass is 32.2. The fourth-order valence-electron chi connectivity index (χ4n) is 3.57. The van der Waals surface area contributed by atoms with Gasteiger partial charge in [0.05, 0.1) is 17.0 Å². The van der Waals surface area contributed by atoms with E-state index in [0.717, 1.165) is 11.1 Å². The fourth-order valence-corrected chi connectivity index (χ4v) is 5.42. The summed E-state index contributed by atoms with van der Waals surface area (Å²) >= 11 is 0. The summed E-state index contributed by atoms with van der Waals surface area (Å²) in [7, 11) is -3.73. The predicted molar refractivity (Wildman–Crippen MR) is 102 cm³/mol. The van der Waals surface area contributed by atoms with Crippen molar-refractivity contribution in [2.24, 2.45) is 0 Å². The molecule has 0 fully saturated rings. The molecular formula is C21H20N2O3S. The van der Waals surface area contributed by atoms with Crippen molar-refractivity contribution in [1.29, 1.82) is 0 Å². The van der Waals surface area contributed by atoms with E-state index in [1.807, 2.05) is 42.5 Å². The van der Waals surface area contributed by atoms with Gasteiger partial charge in [-0.25, -0.2) is 8.42 Å². The molecule has 0 saturated heterocycles. The summed E-state index contributed by atoms with van der Waals surface area (Å²) in [6, 6.07) is 19.3. The number of pyridine rings is 1. The number of aliphatic hydroxyl groups excluding tert-OH is 1. The molecule has 2 heterocycles. The van der Waals surface area contributed by atoms with Crippen molar-refractivity contribution >= 4 is 10.0 Å². The minimum Gasteiger partial charge on any atom is -0.387 e. The van der Waals surface area contributed by atoms with Crippen LogP contribution in [0, 0.1) is 0 Å². The first-order valence-electron chi connectivity index (χ1n) is 8.79. The Morgan fingerprint density at radius 1 is 0.889 bits per heavy atom. The zero-order valence-corrected chi connectivity index (χ0v) is 15.5. The van der Waals surface area contributed by atoms with E-state index in [4.69, 9.17) is 0 Å². The summed E-state index contributed by atoms with van der Waals surface area (Å²) < 4.78 is 28.1. The van der Waals surface area contributed by atoms with Gasteiger partial charge in [0.15, 0.2) is 0 Å². The summed E-state index contributed by atoms with van der Waals surface area (Å²) in [6.07, 6.45) is 2.86. The number of rotatable bonds is 4. The average molecular weight is 380 g/mol. The number of fused-ring (bicyclic) bond motifs is 1. The zero-order chi connectivity index (χ0) is 18.9. The molecule has 1 aliphatic heterocycles. The number of hydrogen-bond donors (Lipinski definition) is 1. The molecule has 0 spiro atoms. The van der Waals surface area contributed by atoms with E-state index in [-0.39, 0.29) is 11.4 Å². The van der Waals surface area contributed by atoms with Crippen molar-refractivity contribution in [2.75, 3.05) is 0 Å². The van der Waals surface area contributed by atoms with Gasteiger partial charge >= 0.3 is 0 Å². The Kier molecular flexibility index (Phi) is 4.78. The number of sulfonamides is 1. The van der Waals surface area contributed by atoms with E-state index in [9.17, 15) is 13.5 Å². The summed E-state index contributed by atoms with van der Waals surface area (Å²) in [5, 5.41) is 11.0. The van der Waals surface area contributed by atoms with Crippen LogP contribution in [0.15, 0.2) is 84.0 Å². The molecule has 0 radical (unpaired) electrons. The molecule has 0 saturated carbocycles. The van der Waals surface area contributed by atoms with Crippen molar-refractivity contribution < 1.29 is 13.5 Å². The summed E-state index contributed by atoms with van der Waals surface area (Å²) in [5.41, 5.74) is 2.27. The topological polar surface area (TPSA) is 70.5 Å². The van der Waals surface area contributed by atoms with Crippen molar-refractivity contribution in [3.8, 4) is 0 Å². The molecular weight excluding hydrogens is 360 g/mol. The van der Waals surface area contributed by atoms with E-state index in [0.29, 0.717) is 12.0 Å². The quantitative estimate of drug-likeness (QED) is 0.756. The second kappa shape index (κ2) is 7.23. The van der Waals surface area contributed by atoms with Crippen LogP contribution >= 0.6 is 0 Å². The van der Waals surface area contributed by atoms with Crippen LogP contribution in [0.25, 0.3) is 0 Å². The Hall–Kier alpha value is -2.54. The lowest BCUT2D eigenvalue weighted by Gasteiger charge is -2.39. The van der Waals surface area contributed by atoms with Gasteiger partial charge in [0.1, 0.15) is 0 Å². The summed E-state index contributed by atoms with van der Waals surface area (Å²) in [4.78, 5) is 4.19. The Labute approximate surface area is 159 Å². The van der Waals surface area contributed by atoms with Gasteiger partial charge in [0.2, 0.25) is 10.0 Å². The highest BCUT2D eigenvalue weighted by Gasteiger charge is 2.43. The van der Waals surface area contributed by atoms with Crippen molar-refractivity contribution in [1.82, 2.24) is 9.29 Å². The smallest absolute Gasteiger partial charge is 0.244 e. The Morgan fingerprint density at radius 2 is 1.56 bits per heavy atom.